The van der Waals surface area contributed by atoms with Crippen LogP contribution in [0.3, 0.4) is 0 Å². The first kappa shape index (κ1) is 12.4. The van der Waals surface area contributed by atoms with Gasteiger partial charge in [0, 0.05) is 15.5 Å². The van der Waals surface area contributed by atoms with Crippen molar-refractivity contribution in [2.24, 2.45) is 5.73 Å². The number of alkyl halides is 3. The zero-order valence-corrected chi connectivity index (χ0v) is 10.0. The Labute approximate surface area is 101 Å². The van der Waals surface area contributed by atoms with Gasteiger partial charge in [0.2, 0.25) is 0 Å². The van der Waals surface area contributed by atoms with E-state index in [2.05, 4.69) is 0 Å². The highest BCUT2D eigenvalue weighted by Crippen LogP contribution is 2.35. The quantitative estimate of drug-likeness (QED) is 0.867. The van der Waals surface area contributed by atoms with E-state index in [0.717, 1.165) is 15.6 Å². The minimum atomic E-state index is -4.28. The van der Waals surface area contributed by atoms with Gasteiger partial charge in [-0.2, -0.15) is 13.2 Å². The van der Waals surface area contributed by atoms with Crippen molar-refractivity contribution in [2.75, 3.05) is 6.54 Å². The number of hydrogen-bond acceptors (Lipinski definition) is 2. The van der Waals surface area contributed by atoms with E-state index < -0.39 is 11.7 Å². The minimum Gasteiger partial charge on any atom is -0.330 e. The predicted molar refractivity (Wildman–Crippen MR) is 64.3 cm³/mol. The minimum absolute atomic E-state index is 0.182. The lowest BCUT2D eigenvalue weighted by Gasteiger charge is -2.05. The van der Waals surface area contributed by atoms with Gasteiger partial charge in [0.1, 0.15) is 0 Å². The van der Waals surface area contributed by atoms with Gasteiger partial charge in [0.25, 0.3) is 0 Å². The SMILES string of the molecule is CC(CN)c1cc2cc(C(F)(F)F)ccc2s1. The molecule has 2 rings (SSSR count). The zero-order chi connectivity index (χ0) is 12.6. The second kappa shape index (κ2) is 4.31. The summed E-state index contributed by atoms with van der Waals surface area (Å²) in [4.78, 5) is 1.03. The first-order valence-electron chi connectivity index (χ1n) is 5.22. The fraction of sp³-hybridized carbons (Fsp3) is 0.333. The van der Waals surface area contributed by atoms with Crippen LogP contribution in [0.4, 0.5) is 13.2 Å². The maximum Gasteiger partial charge on any atom is 0.416 e. The summed E-state index contributed by atoms with van der Waals surface area (Å²) in [5, 5.41) is 0.639. The van der Waals surface area contributed by atoms with E-state index in [1.165, 1.54) is 23.5 Å². The Morgan fingerprint density at radius 1 is 1.29 bits per heavy atom. The van der Waals surface area contributed by atoms with Crippen molar-refractivity contribution in [3.8, 4) is 0 Å². The summed E-state index contributed by atoms with van der Waals surface area (Å²) >= 11 is 1.50. The van der Waals surface area contributed by atoms with Gasteiger partial charge in [-0.05, 0) is 36.2 Å². The monoisotopic (exact) mass is 259 g/mol. The summed E-state index contributed by atoms with van der Waals surface area (Å²) in [5.74, 6) is 0.182. The van der Waals surface area contributed by atoms with Crippen molar-refractivity contribution in [3.05, 3.63) is 34.7 Å². The maximum atomic E-state index is 12.5. The Bertz CT molecular complexity index is 530. The van der Waals surface area contributed by atoms with Crippen LogP contribution in [0.5, 0.6) is 0 Å². The summed E-state index contributed by atoms with van der Waals surface area (Å²) in [6, 6.07) is 5.64. The molecule has 0 aliphatic rings. The van der Waals surface area contributed by atoms with E-state index >= 15 is 0 Å². The summed E-state index contributed by atoms with van der Waals surface area (Å²) < 4.78 is 38.5. The molecule has 1 unspecified atom stereocenters. The summed E-state index contributed by atoms with van der Waals surface area (Å²) in [5.41, 5.74) is 4.95. The van der Waals surface area contributed by atoms with Crippen molar-refractivity contribution >= 4 is 21.4 Å². The molecule has 5 heteroatoms. The predicted octanol–water partition coefficient (Wildman–Crippen LogP) is 3.98. The number of thiophene rings is 1. The number of hydrogen-bond donors (Lipinski definition) is 1. The molecule has 2 aromatic rings. The van der Waals surface area contributed by atoms with E-state index in [1.54, 1.807) is 6.07 Å². The van der Waals surface area contributed by atoms with Crippen molar-refractivity contribution in [1.29, 1.82) is 0 Å². The van der Waals surface area contributed by atoms with Crippen LogP contribution in [0.1, 0.15) is 23.3 Å². The lowest BCUT2D eigenvalue weighted by Crippen LogP contribution is -2.06. The number of benzene rings is 1. The molecule has 1 aromatic carbocycles. The lowest BCUT2D eigenvalue weighted by molar-refractivity contribution is -0.137. The fourth-order valence-corrected chi connectivity index (χ4v) is 2.71. The Hall–Kier alpha value is -1.07. The molecular formula is C12H12F3NS. The molecule has 0 saturated carbocycles. The molecule has 0 spiro atoms. The lowest BCUT2D eigenvalue weighted by atomic mass is 10.1. The highest BCUT2D eigenvalue weighted by molar-refractivity contribution is 7.19. The van der Waals surface area contributed by atoms with Crippen LogP contribution >= 0.6 is 11.3 Å². The van der Waals surface area contributed by atoms with Crippen molar-refractivity contribution in [3.63, 3.8) is 0 Å². The standard InChI is InChI=1S/C12H12F3NS/c1-7(6-16)11-5-8-4-9(12(13,14)15)2-3-10(8)17-11/h2-5,7H,6,16H2,1H3. The highest BCUT2D eigenvalue weighted by Gasteiger charge is 2.30. The summed E-state index contributed by atoms with van der Waals surface area (Å²) in [6.45, 7) is 2.47. The molecule has 1 heterocycles. The van der Waals surface area contributed by atoms with Crippen LogP contribution in [-0.4, -0.2) is 6.54 Å². The molecule has 0 radical (unpaired) electrons. The van der Waals surface area contributed by atoms with Gasteiger partial charge in [-0.25, -0.2) is 0 Å². The molecule has 1 aromatic heterocycles. The van der Waals surface area contributed by atoms with E-state index in [-0.39, 0.29) is 5.92 Å². The Balaban J connectivity index is 2.48. The zero-order valence-electron chi connectivity index (χ0n) is 9.21. The molecule has 17 heavy (non-hydrogen) atoms. The van der Waals surface area contributed by atoms with Gasteiger partial charge < -0.3 is 5.73 Å². The van der Waals surface area contributed by atoms with Gasteiger partial charge in [0.15, 0.2) is 0 Å². The molecule has 0 fully saturated rings. The third kappa shape index (κ3) is 2.45. The second-order valence-corrected chi connectivity index (χ2v) is 5.15. The maximum absolute atomic E-state index is 12.5. The number of halogens is 3. The Morgan fingerprint density at radius 3 is 2.59 bits per heavy atom. The molecule has 0 amide bonds. The van der Waals surface area contributed by atoms with Gasteiger partial charge >= 0.3 is 6.18 Å². The molecule has 1 atom stereocenters. The average molecular weight is 259 g/mol. The average Bonchev–Trinajstić information content (AvgIpc) is 2.69. The molecule has 0 bridgehead atoms. The van der Waals surface area contributed by atoms with Crippen molar-refractivity contribution < 1.29 is 13.2 Å². The first-order valence-corrected chi connectivity index (χ1v) is 6.04. The second-order valence-electron chi connectivity index (χ2n) is 4.04. The smallest absolute Gasteiger partial charge is 0.330 e. The number of fused-ring (bicyclic) bond motifs is 1. The first-order chi connectivity index (χ1) is 7.91. The molecule has 0 saturated heterocycles. The Morgan fingerprint density at radius 2 is 2.00 bits per heavy atom. The molecule has 2 N–H and O–H groups in total. The van der Waals surface area contributed by atoms with Crippen LogP contribution < -0.4 is 5.73 Å². The van der Waals surface area contributed by atoms with E-state index in [0.29, 0.717) is 11.9 Å². The van der Waals surface area contributed by atoms with Crippen LogP contribution in [0, 0.1) is 0 Å². The van der Waals surface area contributed by atoms with Gasteiger partial charge in [-0.1, -0.05) is 6.92 Å². The molecule has 92 valence electrons. The Kier molecular flexibility index (Phi) is 3.14. The third-order valence-corrected chi connectivity index (χ3v) is 4.05. The number of rotatable bonds is 2. The van der Waals surface area contributed by atoms with Gasteiger partial charge in [-0.15, -0.1) is 11.3 Å². The van der Waals surface area contributed by atoms with Gasteiger partial charge in [-0.3, -0.25) is 0 Å². The van der Waals surface area contributed by atoms with Crippen LogP contribution in [-0.2, 0) is 6.18 Å². The fourth-order valence-electron chi connectivity index (χ4n) is 1.60. The largest absolute Gasteiger partial charge is 0.416 e. The van der Waals surface area contributed by atoms with E-state index in [4.69, 9.17) is 5.73 Å². The third-order valence-electron chi connectivity index (χ3n) is 2.70. The molecule has 0 aliphatic carbocycles. The van der Waals surface area contributed by atoms with Crippen molar-refractivity contribution in [2.45, 2.75) is 19.0 Å². The number of nitrogens with two attached hydrogens (primary N) is 1. The van der Waals surface area contributed by atoms with E-state index in [9.17, 15) is 13.2 Å². The summed E-state index contributed by atoms with van der Waals surface area (Å²) in [7, 11) is 0. The normalized spacial score (nSPS) is 14.2. The van der Waals surface area contributed by atoms with Crippen LogP contribution in [0.15, 0.2) is 24.3 Å². The van der Waals surface area contributed by atoms with Crippen LogP contribution in [0.2, 0.25) is 0 Å². The molecular weight excluding hydrogens is 247 g/mol. The summed E-state index contributed by atoms with van der Waals surface area (Å²) in [6.07, 6.45) is -4.28. The molecule has 1 nitrogen and oxygen atoms in total. The van der Waals surface area contributed by atoms with Crippen molar-refractivity contribution in [1.82, 2.24) is 0 Å². The topological polar surface area (TPSA) is 26.0 Å². The highest BCUT2D eigenvalue weighted by atomic mass is 32.1. The van der Waals surface area contributed by atoms with E-state index in [1.807, 2.05) is 6.92 Å². The van der Waals surface area contributed by atoms with Gasteiger partial charge in [0.05, 0.1) is 5.56 Å². The molecule has 0 aliphatic heterocycles. The van der Waals surface area contributed by atoms with Crippen LogP contribution in [0.25, 0.3) is 10.1 Å².